The van der Waals surface area contributed by atoms with Crippen LogP contribution in [0, 0.1) is 10.1 Å². The molecule has 1 heterocycles. The zero-order chi connectivity index (χ0) is 10.8. The van der Waals surface area contributed by atoms with Gasteiger partial charge in [-0.05, 0) is 17.7 Å². The quantitative estimate of drug-likeness (QED) is 0.255. The highest BCUT2D eigenvalue weighted by molar-refractivity contribution is 7.16. The Morgan fingerprint density at radius 3 is 3.07 bits per heavy atom. The lowest BCUT2D eigenvalue weighted by Gasteiger charge is -1.96. The Morgan fingerprint density at radius 1 is 1.60 bits per heavy atom. The van der Waals surface area contributed by atoms with Gasteiger partial charge in [0, 0.05) is 4.91 Å². The van der Waals surface area contributed by atoms with Gasteiger partial charge < -0.3 is 0 Å². The van der Waals surface area contributed by atoms with Crippen molar-refractivity contribution in [2.24, 2.45) is 5.11 Å². The molecule has 0 spiro atoms. The van der Waals surface area contributed by atoms with E-state index in [9.17, 15) is 10.1 Å². The molecule has 0 aliphatic carbocycles. The molecular formula is C7H3N5O2S. The van der Waals surface area contributed by atoms with Gasteiger partial charge in [0.2, 0.25) is 0 Å². The van der Waals surface area contributed by atoms with Crippen LogP contribution in [0.4, 0.5) is 11.4 Å². The van der Waals surface area contributed by atoms with Crippen molar-refractivity contribution in [3.05, 3.63) is 38.2 Å². The standard InChI is InChI=1S/C7H3N5O2S/c8-11-10-4-1-2-5-6(9-3-15-5)7(4)12(13)14/h1-3H. The molecule has 0 amide bonds. The van der Waals surface area contributed by atoms with Crippen molar-refractivity contribution in [3.8, 4) is 0 Å². The van der Waals surface area contributed by atoms with Crippen molar-refractivity contribution in [3.63, 3.8) is 0 Å². The minimum Gasteiger partial charge on any atom is -0.258 e. The van der Waals surface area contributed by atoms with Crippen LogP contribution in [0.3, 0.4) is 0 Å². The minimum absolute atomic E-state index is 0.0131. The molecule has 0 N–H and O–H groups in total. The zero-order valence-corrected chi connectivity index (χ0v) is 8.01. The summed E-state index contributed by atoms with van der Waals surface area (Å²) in [6.07, 6.45) is 0. The number of fused-ring (bicyclic) bond motifs is 1. The molecule has 8 heteroatoms. The van der Waals surface area contributed by atoms with E-state index in [1.807, 2.05) is 0 Å². The minimum atomic E-state index is -0.591. The maximum Gasteiger partial charge on any atom is 0.305 e. The van der Waals surface area contributed by atoms with Crippen LogP contribution in [-0.2, 0) is 0 Å². The van der Waals surface area contributed by atoms with Gasteiger partial charge in [-0.1, -0.05) is 5.11 Å². The van der Waals surface area contributed by atoms with Crippen LogP contribution >= 0.6 is 11.3 Å². The Bertz CT molecular complexity index is 586. The van der Waals surface area contributed by atoms with Gasteiger partial charge in [-0.15, -0.1) is 11.3 Å². The van der Waals surface area contributed by atoms with E-state index in [0.29, 0.717) is 4.70 Å². The van der Waals surface area contributed by atoms with Gasteiger partial charge in [-0.2, -0.15) is 0 Å². The van der Waals surface area contributed by atoms with E-state index in [-0.39, 0.29) is 16.9 Å². The molecule has 0 aliphatic heterocycles. The topological polar surface area (TPSA) is 105 Å². The average molecular weight is 221 g/mol. The smallest absolute Gasteiger partial charge is 0.258 e. The van der Waals surface area contributed by atoms with Crippen molar-refractivity contribution in [2.75, 3.05) is 0 Å². The van der Waals surface area contributed by atoms with Gasteiger partial charge in [0.1, 0.15) is 5.69 Å². The molecule has 0 unspecified atom stereocenters. The number of hydrogen-bond donors (Lipinski definition) is 0. The van der Waals surface area contributed by atoms with E-state index < -0.39 is 4.92 Å². The number of azide groups is 1. The van der Waals surface area contributed by atoms with E-state index in [2.05, 4.69) is 15.0 Å². The SMILES string of the molecule is [N-]=[N+]=Nc1ccc2scnc2c1[N+](=O)[O-]. The molecule has 0 saturated carbocycles. The third-order valence-corrected chi connectivity index (χ3v) is 2.58. The first-order valence-electron chi connectivity index (χ1n) is 3.79. The largest absolute Gasteiger partial charge is 0.305 e. The van der Waals surface area contributed by atoms with Crippen LogP contribution in [-0.4, -0.2) is 9.91 Å². The number of rotatable bonds is 2. The molecule has 0 radical (unpaired) electrons. The summed E-state index contributed by atoms with van der Waals surface area (Å²) in [4.78, 5) is 16.6. The number of nitro benzene ring substituents is 1. The molecule has 0 aliphatic rings. The summed E-state index contributed by atoms with van der Waals surface area (Å²) in [6, 6.07) is 3.06. The third-order valence-electron chi connectivity index (χ3n) is 1.79. The maximum absolute atomic E-state index is 10.8. The van der Waals surface area contributed by atoms with Crippen LogP contribution in [0.25, 0.3) is 20.7 Å². The first kappa shape index (κ1) is 9.38. The molecule has 2 aromatic rings. The lowest BCUT2D eigenvalue weighted by molar-refractivity contribution is -0.382. The highest BCUT2D eigenvalue weighted by Crippen LogP contribution is 2.35. The van der Waals surface area contributed by atoms with Gasteiger partial charge in [-0.25, -0.2) is 4.98 Å². The first-order chi connectivity index (χ1) is 7.24. The predicted molar refractivity (Wildman–Crippen MR) is 55.1 cm³/mol. The molecular weight excluding hydrogens is 218 g/mol. The fraction of sp³-hybridized carbons (Fsp3) is 0. The van der Waals surface area contributed by atoms with Gasteiger partial charge in [0.15, 0.2) is 5.52 Å². The van der Waals surface area contributed by atoms with Crippen LogP contribution in [0.2, 0.25) is 0 Å². The van der Waals surface area contributed by atoms with Gasteiger partial charge >= 0.3 is 5.69 Å². The predicted octanol–water partition coefficient (Wildman–Crippen LogP) is 3.15. The van der Waals surface area contributed by atoms with Gasteiger partial charge in [0.25, 0.3) is 0 Å². The van der Waals surface area contributed by atoms with Crippen molar-refractivity contribution < 1.29 is 4.92 Å². The molecule has 7 nitrogen and oxygen atoms in total. The van der Waals surface area contributed by atoms with Crippen LogP contribution in [0.5, 0.6) is 0 Å². The van der Waals surface area contributed by atoms with Crippen molar-refractivity contribution in [1.29, 1.82) is 0 Å². The van der Waals surface area contributed by atoms with E-state index in [1.54, 1.807) is 6.07 Å². The lowest BCUT2D eigenvalue weighted by Crippen LogP contribution is -1.89. The second-order valence-corrected chi connectivity index (χ2v) is 3.47. The maximum atomic E-state index is 10.8. The molecule has 0 bridgehead atoms. The van der Waals surface area contributed by atoms with Gasteiger partial charge in [-0.3, -0.25) is 10.1 Å². The number of nitro groups is 1. The molecule has 0 saturated heterocycles. The van der Waals surface area contributed by atoms with E-state index in [1.165, 1.54) is 22.9 Å². The normalized spacial score (nSPS) is 9.87. The summed E-state index contributed by atoms with van der Waals surface area (Å²) in [5.41, 5.74) is 9.78. The second kappa shape index (κ2) is 3.52. The number of aromatic nitrogens is 1. The monoisotopic (exact) mass is 221 g/mol. The Hall–Kier alpha value is -2.18. The molecule has 15 heavy (non-hydrogen) atoms. The van der Waals surface area contributed by atoms with Crippen molar-refractivity contribution in [1.82, 2.24) is 4.98 Å². The van der Waals surface area contributed by atoms with Crippen LogP contribution < -0.4 is 0 Å². The molecule has 0 atom stereocenters. The molecule has 2 rings (SSSR count). The molecule has 1 aromatic carbocycles. The Labute approximate surface area is 86.8 Å². The Kier molecular flexibility index (Phi) is 2.20. The van der Waals surface area contributed by atoms with Crippen molar-refractivity contribution >= 4 is 32.9 Å². The Morgan fingerprint density at radius 2 is 2.40 bits per heavy atom. The summed E-state index contributed by atoms with van der Waals surface area (Å²) in [5, 5.41) is 14.1. The number of thiazole rings is 1. The zero-order valence-electron chi connectivity index (χ0n) is 7.19. The highest BCUT2D eigenvalue weighted by Gasteiger charge is 2.19. The second-order valence-electron chi connectivity index (χ2n) is 2.58. The molecule has 74 valence electrons. The van der Waals surface area contributed by atoms with Crippen LogP contribution in [0.1, 0.15) is 0 Å². The van der Waals surface area contributed by atoms with E-state index in [0.717, 1.165) is 0 Å². The average Bonchev–Trinajstić information content (AvgIpc) is 2.64. The van der Waals surface area contributed by atoms with Gasteiger partial charge in [0.05, 0.1) is 15.1 Å². The third kappa shape index (κ3) is 1.47. The first-order valence-corrected chi connectivity index (χ1v) is 4.67. The molecule has 0 fully saturated rings. The highest BCUT2D eigenvalue weighted by atomic mass is 32.1. The Balaban J connectivity index is 2.86. The summed E-state index contributed by atoms with van der Waals surface area (Å²) in [7, 11) is 0. The summed E-state index contributed by atoms with van der Waals surface area (Å²) in [6.45, 7) is 0. The fourth-order valence-electron chi connectivity index (χ4n) is 1.22. The summed E-state index contributed by atoms with van der Waals surface area (Å²) in [5.74, 6) is 0. The fourth-order valence-corrected chi connectivity index (χ4v) is 1.89. The van der Waals surface area contributed by atoms with Crippen molar-refractivity contribution in [2.45, 2.75) is 0 Å². The summed E-state index contributed by atoms with van der Waals surface area (Å²) < 4.78 is 0.693. The number of hydrogen-bond acceptors (Lipinski definition) is 5. The lowest BCUT2D eigenvalue weighted by atomic mass is 10.2. The number of benzene rings is 1. The summed E-state index contributed by atoms with van der Waals surface area (Å²) >= 11 is 1.30. The van der Waals surface area contributed by atoms with E-state index in [4.69, 9.17) is 5.53 Å². The van der Waals surface area contributed by atoms with E-state index >= 15 is 0 Å². The molecule has 1 aromatic heterocycles. The van der Waals surface area contributed by atoms with Crippen LogP contribution in [0.15, 0.2) is 22.8 Å². The number of nitrogens with zero attached hydrogens (tertiary/aromatic N) is 5.